The lowest BCUT2D eigenvalue weighted by molar-refractivity contribution is 0.143. The van der Waals surface area contributed by atoms with Crippen LogP contribution in [-0.2, 0) is 0 Å². The Bertz CT molecular complexity index is 232. The van der Waals surface area contributed by atoms with E-state index in [2.05, 4.69) is 25.7 Å². The maximum Gasteiger partial charge on any atom is 0.0992 e. The molecule has 2 rings (SSSR count). The van der Waals surface area contributed by atoms with Crippen molar-refractivity contribution in [3.63, 3.8) is 0 Å². The molecule has 0 amide bonds. The van der Waals surface area contributed by atoms with Crippen molar-refractivity contribution in [2.24, 2.45) is 17.8 Å². The lowest BCUT2D eigenvalue weighted by Gasteiger charge is -2.42. The molecule has 2 fully saturated rings. The van der Waals surface area contributed by atoms with Gasteiger partial charge in [-0.25, -0.2) is 0 Å². The van der Waals surface area contributed by atoms with Gasteiger partial charge in [0.05, 0.1) is 5.84 Å². The summed E-state index contributed by atoms with van der Waals surface area (Å²) in [5.74, 6) is 3.05. The van der Waals surface area contributed by atoms with Gasteiger partial charge in [-0.1, -0.05) is 13.8 Å². The van der Waals surface area contributed by atoms with Crippen molar-refractivity contribution in [2.45, 2.75) is 46.1 Å². The number of amidine groups is 1. The molecule has 0 bridgehead atoms. The third-order valence-electron chi connectivity index (χ3n) is 3.87. The Labute approximate surface area is 87.2 Å². The minimum Gasteiger partial charge on any atom is -0.357 e. The lowest BCUT2D eigenvalue weighted by atomic mass is 9.85. The zero-order chi connectivity index (χ0) is 10.3. The van der Waals surface area contributed by atoms with Crippen molar-refractivity contribution in [2.75, 3.05) is 6.54 Å². The zero-order valence-corrected chi connectivity index (χ0v) is 9.59. The highest BCUT2D eigenvalue weighted by Crippen LogP contribution is 2.35. The van der Waals surface area contributed by atoms with Gasteiger partial charge in [0.15, 0.2) is 0 Å². The van der Waals surface area contributed by atoms with Crippen LogP contribution in [0.25, 0.3) is 0 Å². The normalized spacial score (nSPS) is 38.5. The van der Waals surface area contributed by atoms with Gasteiger partial charge < -0.3 is 4.90 Å². The van der Waals surface area contributed by atoms with E-state index in [4.69, 9.17) is 5.41 Å². The molecule has 3 atom stereocenters. The van der Waals surface area contributed by atoms with E-state index in [1.165, 1.54) is 19.3 Å². The molecular weight excluding hydrogens is 172 g/mol. The van der Waals surface area contributed by atoms with E-state index in [0.29, 0.717) is 12.0 Å². The highest BCUT2D eigenvalue weighted by atomic mass is 15.2. The molecule has 1 N–H and O–H groups in total. The number of piperidine rings is 1. The molecule has 1 saturated carbocycles. The van der Waals surface area contributed by atoms with Crippen LogP contribution in [0, 0.1) is 23.2 Å². The maximum atomic E-state index is 8.14. The molecule has 2 heteroatoms. The summed E-state index contributed by atoms with van der Waals surface area (Å²) in [6.45, 7) is 8.04. The Kier molecular flexibility index (Phi) is 2.54. The minimum atomic E-state index is 0.583. The first-order chi connectivity index (χ1) is 6.59. The first-order valence-corrected chi connectivity index (χ1v) is 5.94. The molecule has 2 nitrogen and oxygen atoms in total. The molecule has 1 aliphatic heterocycles. The second kappa shape index (κ2) is 3.56. The van der Waals surface area contributed by atoms with Crippen LogP contribution in [-0.4, -0.2) is 23.3 Å². The Hall–Kier alpha value is -0.530. The van der Waals surface area contributed by atoms with Crippen LogP contribution in [0.3, 0.4) is 0 Å². The maximum absolute atomic E-state index is 8.14. The Morgan fingerprint density at radius 3 is 2.43 bits per heavy atom. The van der Waals surface area contributed by atoms with Gasteiger partial charge in [-0.2, -0.15) is 0 Å². The molecule has 0 aromatic rings. The SMILES string of the molecule is CC1CC(C)C(C)N(C(=N)C2CC2)C1. The summed E-state index contributed by atoms with van der Waals surface area (Å²) >= 11 is 0. The van der Waals surface area contributed by atoms with E-state index < -0.39 is 0 Å². The molecule has 1 heterocycles. The molecule has 3 unspecified atom stereocenters. The zero-order valence-electron chi connectivity index (χ0n) is 9.59. The largest absolute Gasteiger partial charge is 0.357 e. The van der Waals surface area contributed by atoms with Crippen molar-refractivity contribution in [1.29, 1.82) is 5.41 Å². The van der Waals surface area contributed by atoms with E-state index in [1.54, 1.807) is 0 Å². The molecule has 0 radical (unpaired) electrons. The summed E-state index contributed by atoms with van der Waals surface area (Å²) in [5.41, 5.74) is 0. The summed E-state index contributed by atoms with van der Waals surface area (Å²) in [7, 11) is 0. The predicted molar refractivity (Wildman–Crippen MR) is 59.6 cm³/mol. The van der Waals surface area contributed by atoms with Crippen molar-refractivity contribution in [1.82, 2.24) is 4.90 Å². The van der Waals surface area contributed by atoms with Crippen LogP contribution in [0.1, 0.15) is 40.0 Å². The van der Waals surface area contributed by atoms with E-state index in [1.807, 2.05) is 0 Å². The van der Waals surface area contributed by atoms with Gasteiger partial charge in [0, 0.05) is 18.5 Å². The van der Waals surface area contributed by atoms with Gasteiger partial charge in [-0.15, -0.1) is 0 Å². The average Bonchev–Trinajstić information content (AvgIpc) is 2.93. The molecule has 0 aromatic heterocycles. The van der Waals surface area contributed by atoms with Gasteiger partial charge >= 0.3 is 0 Å². The molecule has 0 spiro atoms. The topological polar surface area (TPSA) is 27.1 Å². The fourth-order valence-corrected chi connectivity index (χ4v) is 2.62. The second-order valence-electron chi connectivity index (χ2n) is 5.37. The van der Waals surface area contributed by atoms with Gasteiger partial charge in [-0.3, -0.25) is 5.41 Å². The van der Waals surface area contributed by atoms with Crippen LogP contribution in [0.5, 0.6) is 0 Å². The number of hydrogen-bond acceptors (Lipinski definition) is 1. The Morgan fingerprint density at radius 2 is 1.86 bits per heavy atom. The van der Waals surface area contributed by atoms with Crippen molar-refractivity contribution in [3.8, 4) is 0 Å². The van der Waals surface area contributed by atoms with Crippen molar-refractivity contribution in [3.05, 3.63) is 0 Å². The third-order valence-corrected chi connectivity index (χ3v) is 3.87. The number of rotatable bonds is 1. The van der Waals surface area contributed by atoms with Gasteiger partial charge in [0.2, 0.25) is 0 Å². The lowest BCUT2D eigenvalue weighted by Crippen LogP contribution is -2.49. The summed E-state index contributed by atoms with van der Waals surface area (Å²) in [6, 6.07) is 0.583. The molecule has 2 aliphatic rings. The number of likely N-dealkylation sites (tertiary alicyclic amines) is 1. The first-order valence-electron chi connectivity index (χ1n) is 5.94. The molecule has 80 valence electrons. The van der Waals surface area contributed by atoms with E-state index in [-0.39, 0.29) is 0 Å². The smallest absolute Gasteiger partial charge is 0.0992 e. The Balaban J connectivity index is 2.04. The fraction of sp³-hybridized carbons (Fsp3) is 0.917. The number of nitrogens with one attached hydrogen (secondary N) is 1. The summed E-state index contributed by atoms with van der Waals surface area (Å²) in [6.07, 6.45) is 3.84. The first kappa shape index (κ1) is 10.0. The van der Waals surface area contributed by atoms with Gasteiger partial charge in [0.25, 0.3) is 0 Å². The fourth-order valence-electron chi connectivity index (χ4n) is 2.62. The highest BCUT2D eigenvalue weighted by molar-refractivity contribution is 5.84. The van der Waals surface area contributed by atoms with Crippen LogP contribution >= 0.6 is 0 Å². The van der Waals surface area contributed by atoms with Crippen LogP contribution in [0.4, 0.5) is 0 Å². The van der Waals surface area contributed by atoms with Crippen molar-refractivity contribution < 1.29 is 0 Å². The monoisotopic (exact) mass is 194 g/mol. The number of hydrogen-bond donors (Lipinski definition) is 1. The van der Waals surface area contributed by atoms with Gasteiger partial charge in [0.1, 0.15) is 0 Å². The molecule has 0 aromatic carbocycles. The summed E-state index contributed by atoms with van der Waals surface area (Å²) < 4.78 is 0. The van der Waals surface area contributed by atoms with Crippen molar-refractivity contribution >= 4 is 5.84 Å². The van der Waals surface area contributed by atoms with Crippen LogP contribution < -0.4 is 0 Å². The average molecular weight is 194 g/mol. The Morgan fingerprint density at radius 1 is 1.21 bits per heavy atom. The predicted octanol–water partition coefficient (Wildman–Crippen LogP) is 2.74. The molecular formula is C12H22N2. The molecule has 1 aliphatic carbocycles. The highest BCUT2D eigenvalue weighted by Gasteiger charge is 2.36. The molecule has 1 saturated heterocycles. The van der Waals surface area contributed by atoms with Crippen LogP contribution in [0.2, 0.25) is 0 Å². The molecule has 14 heavy (non-hydrogen) atoms. The quantitative estimate of drug-likeness (QED) is 0.504. The van der Waals surface area contributed by atoms with Gasteiger partial charge in [-0.05, 0) is 38.0 Å². The van der Waals surface area contributed by atoms with E-state index >= 15 is 0 Å². The minimum absolute atomic E-state index is 0.583. The summed E-state index contributed by atoms with van der Waals surface area (Å²) in [4.78, 5) is 2.36. The number of nitrogens with zero attached hydrogens (tertiary/aromatic N) is 1. The third kappa shape index (κ3) is 1.79. The second-order valence-corrected chi connectivity index (χ2v) is 5.37. The standard InChI is InChI=1S/C12H22N2/c1-8-6-9(2)10(3)14(7-8)12(13)11-4-5-11/h8-11,13H,4-7H2,1-3H3. The van der Waals surface area contributed by atoms with Crippen LogP contribution in [0.15, 0.2) is 0 Å². The van der Waals surface area contributed by atoms with E-state index in [0.717, 1.165) is 24.2 Å². The summed E-state index contributed by atoms with van der Waals surface area (Å²) in [5, 5.41) is 8.14. The van der Waals surface area contributed by atoms with E-state index in [9.17, 15) is 0 Å².